The van der Waals surface area contributed by atoms with E-state index in [1.54, 1.807) is 24.3 Å². The number of para-hydroxylation sites is 1. The molecule has 0 aliphatic carbocycles. The van der Waals surface area contributed by atoms with E-state index in [4.69, 9.17) is 4.42 Å². The summed E-state index contributed by atoms with van der Waals surface area (Å²) < 4.78 is 27.9. The zero-order chi connectivity index (χ0) is 17.5. The number of carbonyl (C=O) groups excluding carboxylic acids is 1. The Bertz CT molecular complexity index is 914. The van der Waals surface area contributed by atoms with E-state index in [9.17, 15) is 23.1 Å². The van der Waals surface area contributed by atoms with Crippen LogP contribution in [0.4, 0.5) is 5.69 Å². The minimum absolute atomic E-state index is 0.00955. The number of sulfone groups is 1. The summed E-state index contributed by atoms with van der Waals surface area (Å²) in [5.74, 6) is -2.44. The van der Waals surface area contributed by atoms with Crippen molar-refractivity contribution in [1.29, 1.82) is 0 Å². The van der Waals surface area contributed by atoms with Gasteiger partial charge in [-0.1, -0.05) is 18.2 Å². The van der Waals surface area contributed by atoms with Crippen LogP contribution in [0.15, 0.2) is 40.8 Å². The fourth-order valence-corrected chi connectivity index (χ4v) is 3.44. The quantitative estimate of drug-likeness (QED) is 0.900. The fourth-order valence-electron chi connectivity index (χ4n) is 2.77. The van der Waals surface area contributed by atoms with Gasteiger partial charge in [-0.25, -0.2) is 8.42 Å². The summed E-state index contributed by atoms with van der Waals surface area (Å²) in [5.41, 5.74) is 1.09. The van der Waals surface area contributed by atoms with Crippen LogP contribution in [0.1, 0.15) is 27.8 Å². The number of carbonyl (C=O) groups is 2. The second kappa shape index (κ2) is 5.79. The van der Waals surface area contributed by atoms with E-state index in [0.717, 1.165) is 6.26 Å². The molecule has 1 unspecified atom stereocenters. The number of rotatable bonds is 4. The molecule has 1 aromatic heterocycles. The number of anilines is 1. The van der Waals surface area contributed by atoms with Crippen molar-refractivity contribution in [2.45, 2.75) is 11.7 Å². The first-order chi connectivity index (χ1) is 11.3. The molecule has 0 bridgehead atoms. The summed E-state index contributed by atoms with van der Waals surface area (Å²) in [6, 6.07) is 9.64. The van der Waals surface area contributed by atoms with Crippen LogP contribution in [0.3, 0.4) is 0 Å². The van der Waals surface area contributed by atoms with E-state index in [0.29, 0.717) is 11.3 Å². The number of carboxylic acid groups (broad SMARTS) is 1. The highest BCUT2D eigenvalue weighted by molar-refractivity contribution is 7.89. The maximum absolute atomic E-state index is 12.6. The topological polar surface area (TPSA) is 105 Å². The normalized spacial score (nSPS) is 16.9. The third kappa shape index (κ3) is 3.05. The fraction of sp³-hybridized carbons (Fsp3) is 0.250. The molecule has 0 spiro atoms. The van der Waals surface area contributed by atoms with Crippen molar-refractivity contribution in [2.24, 2.45) is 0 Å². The Hall–Kier alpha value is -2.61. The average Bonchev–Trinajstić information content (AvgIpc) is 3.09. The second-order valence-corrected chi connectivity index (χ2v) is 7.84. The van der Waals surface area contributed by atoms with Gasteiger partial charge in [-0.3, -0.25) is 9.59 Å². The molecule has 1 N–H and O–H groups in total. The number of carboxylic acids is 1. The van der Waals surface area contributed by atoms with E-state index in [1.807, 2.05) is 0 Å². The highest BCUT2D eigenvalue weighted by Gasteiger charge is 2.37. The summed E-state index contributed by atoms with van der Waals surface area (Å²) in [6.45, 7) is 0.00955. The van der Waals surface area contributed by atoms with Crippen LogP contribution < -0.4 is 4.90 Å². The van der Waals surface area contributed by atoms with Crippen molar-refractivity contribution in [1.82, 2.24) is 0 Å². The molecule has 1 aliphatic rings. The summed E-state index contributed by atoms with van der Waals surface area (Å²) in [5, 5.41) is 9.33. The van der Waals surface area contributed by atoms with Crippen LogP contribution in [0.25, 0.3) is 0 Å². The molecule has 24 heavy (non-hydrogen) atoms. The Kier molecular flexibility index (Phi) is 3.92. The Morgan fingerprint density at radius 3 is 2.62 bits per heavy atom. The number of benzene rings is 1. The highest BCUT2D eigenvalue weighted by Crippen LogP contribution is 2.37. The second-order valence-electron chi connectivity index (χ2n) is 5.70. The predicted molar refractivity (Wildman–Crippen MR) is 85.8 cm³/mol. The van der Waals surface area contributed by atoms with E-state index in [2.05, 4.69) is 0 Å². The lowest BCUT2D eigenvalue weighted by Crippen LogP contribution is -2.30. The first kappa shape index (κ1) is 16.3. The van der Waals surface area contributed by atoms with Crippen LogP contribution in [-0.4, -0.2) is 38.2 Å². The van der Waals surface area contributed by atoms with E-state index < -0.39 is 27.6 Å². The van der Waals surface area contributed by atoms with Crippen molar-refractivity contribution in [2.75, 3.05) is 17.7 Å². The molecule has 8 heteroatoms. The van der Waals surface area contributed by atoms with Crippen LogP contribution >= 0.6 is 0 Å². The molecule has 0 saturated heterocycles. The van der Waals surface area contributed by atoms with Crippen LogP contribution in [0.5, 0.6) is 0 Å². The van der Waals surface area contributed by atoms with E-state index in [1.165, 1.54) is 17.0 Å². The zero-order valence-corrected chi connectivity index (χ0v) is 13.6. The molecule has 2 aromatic rings. The van der Waals surface area contributed by atoms with Crippen molar-refractivity contribution in [3.8, 4) is 0 Å². The Morgan fingerprint density at radius 2 is 1.96 bits per heavy atom. The van der Waals surface area contributed by atoms with Gasteiger partial charge in [-0.2, -0.15) is 0 Å². The summed E-state index contributed by atoms with van der Waals surface area (Å²) in [6.07, 6.45) is 1.07. The number of nitrogens with zero attached hydrogens (tertiary/aromatic N) is 1. The van der Waals surface area contributed by atoms with Gasteiger partial charge in [0.25, 0.3) is 5.91 Å². The maximum atomic E-state index is 12.6. The number of hydrogen-bond acceptors (Lipinski definition) is 5. The predicted octanol–water partition coefficient (Wildman–Crippen LogP) is 1.65. The third-order valence-corrected chi connectivity index (χ3v) is 4.60. The molecule has 0 radical (unpaired) electrons. The van der Waals surface area contributed by atoms with Gasteiger partial charge >= 0.3 is 5.97 Å². The number of furan rings is 1. The molecule has 1 atom stereocenters. The van der Waals surface area contributed by atoms with Crippen LogP contribution in [0, 0.1) is 0 Å². The summed E-state index contributed by atoms with van der Waals surface area (Å²) in [7, 11) is -3.27. The first-order valence-corrected chi connectivity index (χ1v) is 9.22. The molecule has 1 aliphatic heterocycles. The molecule has 7 nitrogen and oxygen atoms in total. The van der Waals surface area contributed by atoms with Gasteiger partial charge in [0.15, 0.2) is 15.6 Å². The maximum Gasteiger partial charge on any atom is 0.312 e. The molecule has 3 rings (SSSR count). The van der Waals surface area contributed by atoms with Crippen LogP contribution in [0.2, 0.25) is 0 Å². The van der Waals surface area contributed by atoms with Gasteiger partial charge in [-0.05, 0) is 23.8 Å². The molecule has 0 saturated carbocycles. The Balaban J connectivity index is 1.90. The van der Waals surface area contributed by atoms with E-state index in [-0.39, 0.29) is 23.8 Å². The zero-order valence-electron chi connectivity index (χ0n) is 12.8. The van der Waals surface area contributed by atoms with Crippen molar-refractivity contribution in [3.05, 3.63) is 53.5 Å². The van der Waals surface area contributed by atoms with Gasteiger partial charge in [0.2, 0.25) is 0 Å². The molecule has 1 amide bonds. The average molecular weight is 349 g/mol. The number of aliphatic carboxylic acids is 1. The van der Waals surface area contributed by atoms with Gasteiger partial charge in [0.1, 0.15) is 17.4 Å². The smallest absolute Gasteiger partial charge is 0.312 e. The lowest BCUT2D eigenvalue weighted by atomic mass is 10.0. The van der Waals surface area contributed by atoms with Gasteiger partial charge < -0.3 is 14.4 Å². The van der Waals surface area contributed by atoms with Gasteiger partial charge in [-0.15, -0.1) is 0 Å². The Labute approximate surface area is 138 Å². The molecular formula is C16H15NO6S. The lowest BCUT2D eigenvalue weighted by molar-refractivity contribution is -0.138. The van der Waals surface area contributed by atoms with Gasteiger partial charge in [0.05, 0.1) is 0 Å². The number of fused-ring (bicyclic) bond motifs is 1. The number of amides is 1. The van der Waals surface area contributed by atoms with Crippen LogP contribution in [-0.2, 0) is 20.4 Å². The Morgan fingerprint density at radius 1 is 1.25 bits per heavy atom. The molecule has 0 fully saturated rings. The highest BCUT2D eigenvalue weighted by atomic mass is 32.2. The SMILES string of the molecule is CS(=O)(=O)Cc1ccc(C(=O)N2CC(C(=O)O)c3ccccc32)o1. The third-order valence-electron chi connectivity index (χ3n) is 3.79. The standard InChI is InChI=1S/C16H15NO6S/c1-24(21,22)9-10-6-7-14(23-10)15(18)17-8-12(16(19)20)11-4-2-3-5-13(11)17/h2-7,12H,8-9H2,1H3,(H,19,20). The minimum atomic E-state index is -3.27. The van der Waals surface area contributed by atoms with Crippen molar-refractivity contribution < 1.29 is 27.5 Å². The lowest BCUT2D eigenvalue weighted by Gasteiger charge is -2.15. The summed E-state index contributed by atoms with van der Waals surface area (Å²) >= 11 is 0. The largest absolute Gasteiger partial charge is 0.481 e. The molecule has 2 heterocycles. The van der Waals surface area contributed by atoms with Gasteiger partial charge in [0, 0.05) is 18.5 Å². The van der Waals surface area contributed by atoms with Crippen molar-refractivity contribution >= 4 is 27.4 Å². The minimum Gasteiger partial charge on any atom is -0.481 e. The number of hydrogen-bond donors (Lipinski definition) is 1. The summed E-state index contributed by atoms with van der Waals surface area (Å²) in [4.78, 5) is 25.4. The molecule has 126 valence electrons. The molecule has 1 aromatic carbocycles. The monoisotopic (exact) mass is 349 g/mol. The first-order valence-electron chi connectivity index (χ1n) is 7.16. The van der Waals surface area contributed by atoms with Crippen molar-refractivity contribution in [3.63, 3.8) is 0 Å². The van der Waals surface area contributed by atoms with E-state index >= 15 is 0 Å². The molecular weight excluding hydrogens is 334 g/mol.